The first-order valence-electron chi connectivity index (χ1n) is 7.31. The number of carbonyl (C=O) groups excluding carboxylic acids is 1. The summed E-state index contributed by atoms with van der Waals surface area (Å²) in [5, 5.41) is 3.81. The molecule has 3 atom stereocenters. The van der Waals surface area contributed by atoms with Gasteiger partial charge in [0.25, 0.3) is 0 Å². The summed E-state index contributed by atoms with van der Waals surface area (Å²) in [6, 6.07) is 9.80. The van der Waals surface area contributed by atoms with Crippen molar-refractivity contribution in [3.8, 4) is 0 Å². The van der Waals surface area contributed by atoms with Crippen LogP contribution < -0.4 is 11.1 Å². The molecule has 1 aliphatic carbocycles. The number of carbonyl (C=O) groups is 1. The first-order valence-corrected chi connectivity index (χ1v) is 8.60. The van der Waals surface area contributed by atoms with Gasteiger partial charge in [0, 0.05) is 11.3 Å². The van der Waals surface area contributed by atoms with Crippen molar-refractivity contribution >= 4 is 17.7 Å². The number of amides is 1. The maximum absolute atomic E-state index is 12.2. The van der Waals surface area contributed by atoms with E-state index in [0.29, 0.717) is 17.7 Å². The fraction of sp³-hybridized carbons (Fsp3) is 0.562. The highest BCUT2D eigenvalue weighted by Gasteiger charge is 2.24. The Labute approximate surface area is 125 Å². The van der Waals surface area contributed by atoms with Crippen molar-refractivity contribution in [2.45, 2.75) is 49.4 Å². The number of thioether (sulfide) groups is 1. The van der Waals surface area contributed by atoms with Crippen LogP contribution in [0.1, 0.15) is 31.2 Å². The summed E-state index contributed by atoms with van der Waals surface area (Å²) in [5.41, 5.74) is 7.13. The van der Waals surface area contributed by atoms with E-state index in [-0.39, 0.29) is 5.91 Å². The second kappa shape index (κ2) is 7.70. The molecule has 1 amide bonds. The van der Waals surface area contributed by atoms with E-state index in [0.717, 1.165) is 18.4 Å². The molecular weight excluding hydrogens is 268 g/mol. The fourth-order valence-electron chi connectivity index (χ4n) is 2.76. The lowest BCUT2D eigenvalue weighted by molar-refractivity contribution is -0.123. The van der Waals surface area contributed by atoms with Crippen LogP contribution >= 0.6 is 11.8 Å². The third kappa shape index (κ3) is 4.53. The minimum atomic E-state index is -0.452. The van der Waals surface area contributed by atoms with Gasteiger partial charge in [-0.2, -0.15) is 11.8 Å². The van der Waals surface area contributed by atoms with Crippen LogP contribution in [-0.2, 0) is 11.2 Å². The standard InChI is InChI=1S/C16H24N2OS/c1-20-14-9-5-8-13(11-14)18-16(19)15(17)10-12-6-3-2-4-7-12/h2-4,6-7,13-15H,5,8-11,17H2,1H3,(H,18,19)/t13?,14?,15-/m0/s1. The molecule has 2 unspecified atom stereocenters. The summed E-state index contributed by atoms with van der Waals surface area (Å²) in [6.07, 6.45) is 7.38. The second-order valence-corrected chi connectivity index (χ2v) is 6.66. The van der Waals surface area contributed by atoms with Crippen molar-refractivity contribution in [2.75, 3.05) is 6.26 Å². The molecule has 3 N–H and O–H groups in total. The lowest BCUT2D eigenvalue weighted by Crippen LogP contribution is -2.48. The predicted molar refractivity (Wildman–Crippen MR) is 85.8 cm³/mol. The molecule has 1 aromatic rings. The Morgan fingerprint density at radius 2 is 2.15 bits per heavy atom. The summed E-state index contributed by atoms with van der Waals surface area (Å²) in [4.78, 5) is 12.2. The topological polar surface area (TPSA) is 55.1 Å². The van der Waals surface area contributed by atoms with Crippen molar-refractivity contribution in [3.63, 3.8) is 0 Å². The average Bonchev–Trinajstić information content (AvgIpc) is 2.48. The molecule has 0 radical (unpaired) electrons. The van der Waals surface area contributed by atoms with E-state index in [2.05, 4.69) is 11.6 Å². The zero-order valence-electron chi connectivity index (χ0n) is 12.0. The van der Waals surface area contributed by atoms with E-state index in [4.69, 9.17) is 5.73 Å². The van der Waals surface area contributed by atoms with Crippen molar-refractivity contribution in [1.29, 1.82) is 0 Å². The summed E-state index contributed by atoms with van der Waals surface area (Å²) in [7, 11) is 0. The Morgan fingerprint density at radius 3 is 2.85 bits per heavy atom. The van der Waals surface area contributed by atoms with E-state index in [9.17, 15) is 4.79 Å². The van der Waals surface area contributed by atoms with Crippen LogP contribution in [-0.4, -0.2) is 29.5 Å². The van der Waals surface area contributed by atoms with Gasteiger partial charge in [0.1, 0.15) is 0 Å². The van der Waals surface area contributed by atoms with Gasteiger partial charge in [-0.25, -0.2) is 0 Å². The van der Waals surface area contributed by atoms with Gasteiger partial charge in [-0.3, -0.25) is 4.79 Å². The Kier molecular flexibility index (Phi) is 5.92. The first kappa shape index (κ1) is 15.4. The Bertz CT molecular complexity index is 424. The van der Waals surface area contributed by atoms with E-state index in [1.165, 1.54) is 12.8 Å². The fourth-order valence-corrected chi connectivity index (χ4v) is 3.59. The summed E-state index contributed by atoms with van der Waals surface area (Å²) < 4.78 is 0. The number of nitrogens with two attached hydrogens (primary N) is 1. The smallest absolute Gasteiger partial charge is 0.237 e. The number of nitrogens with one attached hydrogen (secondary N) is 1. The van der Waals surface area contributed by atoms with Gasteiger partial charge < -0.3 is 11.1 Å². The molecule has 0 saturated heterocycles. The van der Waals surface area contributed by atoms with Crippen molar-refractivity contribution in [1.82, 2.24) is 5.32 Å². The highest BCUT2D eigenvalue weighted by Crippen LogP contribution is 2.26. The zero-order chi connectivity index (χ0) is 14.4. The minimum absolute atomic E-state index is 0.0133. The maximum Gasteiger partial charge on any atom is 0.237 e. The van der Waals surface area contributed by atoms with Gasteiger partial charge in [-0.1, -0.05) is 36.8 Å². The van der Waals surface area contributed by atoms with Crippen LogP contribution in [0.25, 0.3) is 0 Å². The molecule has 1 aliphatic rings. The third-order valence-corrected chi connectivity index (χ3v) is 5.04. The van der Waals surface area contributed by atoms with E-state index < -0.39 is 6.04 Å². The SMILES string of the molecule is CSC1CCCC(NC(=O)[C@@H](N)Cc2ccccc2)C1. The number of benzene rings is 1. The molecule has 1 aromatic carbocycles. The average molecular weight is 292 g/mol. The van der Waals surface area contributed by atoms with Gasteiger partial charge in [0.2, 0.25) is 5.91 Å². The van der Waals surface area contributed by atoms with Crippen molar-refractivity contribution < 1.29 is 4.79 Å². The van der Waals surface area contributed by atoms with Gasteiger partial charge in [0.05, 0.1) is 6.04 Å². The van der Waals surface area contributed by atoms with Crippen LogP contribution in [0, 0.1) is 0 Å². The lowest BCUT2D eigenvalue weighted by atomic mass is 9.94. The van der Waals surface area contributed by atoms with Crippen LogP contribution in [0.3, 0.4) is 0 Å². The van der Waals surface area contributed by atoms with Crippen LogP contribution in [0.5, 0.6) is 0 Å². The number of hydrogen-bond donors (Lipinski definition) is 2. The maximum atomic E-state index is 12.2. The molecule has 3 nitrogen and oxygen atoms in total. The molecule has 1 fully saturated rings. The zero-order valence-corrected chi connectivity index (χ0v) is 12.9. The van der Waals surface area contributed by atoms with Crippen LogP contribution in [0.15, 0.2) is 30.3 Å². The molecule has 0 spiro atoms. The Hall–Kier alpha value is -1.00. The quantitative estimate of drug-likeness (QED) is 0.876. The lowest BCUT2D eigenvalue weighted by Gasteiger charge is -2.29. The first-order chi connectivity index (χ1) is 9.69. The minimum Gasteiger partial charge on any atom is -0.352 e. The van der Waals surface area contributed by atoms with E-state index in [1.807, 2.05) is 42.1 Å². The van der Waals surface area contributed by atoms with Gasteiger partial charge in [-0.15, -0.1) is 0 Å². The highest BCUT2D eigenvalue weighted by molar-refractivity contribution is 7.99. The molecule has 0 aromatic heterocycles. The Morgan fingerprint density at radius 1 is 1.40 bits per heavy atom. The largest absolute Gasteiger partial charge is 0.352 e. The molecule has 20 heavy (non-hydrogen) atoms. The van der Waals surface area contributed by atoms with Crippen molar-refractivity contribution in [2.24, 2.45) is 5.73 Å². The molecule has 1 saturated carbocycles. The van der Waals surface area contributed by atoms with Gasteiger partial charge >= 0.3 is 0 Å². The van der Waals surface area contributed by atoms with Crippen LogP contribution in [0.2, 0.25) is 0 Å². The second-order valence-electron chi connectivity index (χ2n) is 5.53. The number of rotatable bonds is 5. The number of hydrogen-bond acceptors (Lipinski definition) is 3. The molecule has 2 rings (SSSR count). The predicted octanol–water partition coefficient (Wildman–Crippen LogP) is 2.35. The van der Waals surface area contributed by atoms with Gasteiger partial charge in [-0.05, 0) is 37.5 Å². The van der Waals surface area contributed by atoms with E-state index >= 15 is 0 Å². The molecule has 0 aliphatic heterocycles. The molecule has 0 bridgehead atoms. The third-order valence-electron chi connectivity index (χ3n) is 3.94. The summed E-state index contributed by atoms with van der Waals surface area (Å²) in [6.45, 7) is 0. The highest BCUT2D eigenvalue weighted by atomic mass is 32.2. The monoisotopic (exact) mass is 292 g/mol. The Balaban J connectivity index is 1.81. The molecular formula is C16H24N2OS. The van der Waals surface area contributed by atoms with Crippen LogP contribution in [0.4, 0.5) is 0 Å². The normalized spacial score (nSPS) is 24.1. The molecule has 0 heterocycles. The molecule has 4 heteroatoms. The van der Waals surface area contributed by atoms with Crippen molar-refractivity contribution in [3.05, 3.63) is 35.9 Å². The van der Waals surface area contributed by atoms with E-state index in [1.54, 1.807) is 0 Å². The summed E-state index contributed by atoms with van der Waals surface area (Å²) >= 11 is 1.91. The molecule has 110 valence electrons. The summed E-state index contributed by atoms with van der Waals surface area (Å²) in [5.74, 6) is -0.0133. The van der Waals surface area contributed by atoms with Gasteiger partial charge in [0.15, 0.2) is 0 Å².